The number of anilines is 1. The number of amides is 2. The summed E-state index contributed by atoms with van der Waals surface area (Å²) in [6, 6.07) is 7.06. The minimum Gasteiger partial charge on any atom is -0.347 e. The van der Waals surface area contributed by atoms with E-state index < -0.39 is 0 Å². The molecule has 0 bridgehead atoms. The van der Waals surface area contributed by atoms with Crippen LogP contribution in [-0.2, 0) is 9.59 Å². The van der Waals surface area contributed by atoms with Crippen LogP contribution in [0, 0.1) is 11.8 Å². The van der Waals surface area contributed by atoms with E-state index in [-0.39, 0.29) is 18.4 Å². The third-order valence-electron chi connectivity index (χ3n) is 2.00. The van der Waals surface area contributed by atoms with Crippen LogP contribution in [-0.4, -0.2) is 24.9 Å². The topological polar surface area (TPSA) is 84.2 Å². The van der Waals surface area contributed by atoms with Gasteiger partial charge in [0.2, 0.25) is 11.8 Å². The molecule has 5 heteroatoms. The van der Waals surface area contributed by atoms with Crippen LogP contribution in [0.15, 0.2) is 24.3 Å². The normalized spacial score (nSPS) is 9.00. The monoisotopic (exact) mass is 245 g/mol. The van der Waals surface area contributed by atoms with Gasteiger partial charge in [0.15, 0.2) is 0 Å². The fraction of sp³-hybridized carbons (Fsp3) is 0.231. The Balaban J connectivity index is 2.53. The summed E-state index contributed by atoms with van der Waals surface area (Å²) in [5, 5.41) is 5.07. The Bertz CT molecular complexity index is 483. The molecule has 0 saturated carbocycles. The van der Waals surface area contributed by atoms with E-state index in [0.29, 0.717) is 12.2 Å². The Morgan fingerprint density at radius 3 is 2.50 bits per heavy atom. The summed E-state index contributed by atoms with van der Waals surface area (Å²) in [7, 11) is 0. The van der Waals surface area contributed by atoms with E-state index in [9.17, 15) is 9.59 Å². The molecular weight excluding hydrogens is 230 g/mol. The van der Waals surface area contributed by atoms with Gasteiger partial charge in [-0.25, -0.2) is 0 Å². The largest absolute Gasteiger partial charge is 0.347 e. The second-order valence-electron chi connectivity index (χ2n) is 3.54. The fourth-order valence-electron chi connectivity index (χ4n) is 1.20. The van der Waals surface area contributed by atoms with Gasteiger partial charge >= 0.3 is 0 Å². The smallest absolute Gasteiger partial charge is 0.243 e. The van der Waals surface area contributed by atoms with E-state index in [1.165, 1.54) is 6.92 Å². The molecule has 0 aromatic heterocycles. The number of rotatable bonds is 3. The van der Waals surface area contributed by atoms with Crippen LogP contribution in [0.2, 0.25) is 0 Å². The van der Waals surface area contributed by atoms with Gasteiger partial charge in [-0.3, -0.25) is 9.59 Å². The van der Waals surface area contributed by atoms with Gasteiger partial charge in [-0.2, -0.15) is 0 Å². The van der Waals surface area contributed by atoms with Crippen molar-refractivity contribution in [3.63, 3.8) is 0 Å². The van der Waals surface area contributed by atoms with Gasteiger partial charge in [-0.1, -0.05) is 11.8 Å². The summed E-state index contributed by atoms with van der Waals surface area (Å²) in [4.78, 5) is 22.0. The standard InChI is InChI=1S/C13H15N3O2/c1-10(17)15-9-13(18)16-12-6-4-11(5-7-12)3-2-8-14/h4-7H,8-9,14H2,1H3,(H,15,17)(H,16,18). The predicted octanol–water partition coefficient (Wildman–Crippen LogP) is 0.0714. The minimum absolute atomic E-state index is 0.0376. The number of carbonyl (C=O) groups is 2. The highest BCUT2D eigenvalue weighted by Gasteiger charge is 2.02. The summed E-state index contributed by atoms with van der Waals surface area (Å²) in [5.74, 6) is 5.11. The van der Waals surface area contributed by atoms with E-state index in [4.69, 9.17) is 5.73 Å². The van der Waals surface area contributed by atoms with Gasteiger partial charge in [-0.05, 0) is 24.3 Å². The van der Waals surface area contributed by atoms with Crippen molar-refractivity contribution >= 4 is 17.5 Å². The summed E-state index contributed by atoms with van der Waals surface area (Å²) >= 11 is 0. The van der Waals surface area contributed by atoms with Crippen molar-refractivity contribution in [2.24, 2.45) is 5.73 Å². The second-order valence-corrected chi connectivity index (χ2v) is 3.54. The minimum atomic E-state index is -0.272. The van der Waals surface area contributed by atoms with Crippen molar-refractivity contribution < 1.29 is 9.59 Å². The van der Waals surface area contributed by atoms with E-state index in [2.05, 4.69) is 22.5 Å². The Morgan fingerprint density at radius 2 is 1.94 bits per heavy atom. The number of hydrogen-bond donors (Lipinski definition) is 3. The molecule has 2 amide bonds. The number of hydrogen-bond acceptors (Lipinski definition) is 3. The van der Waals surface area contributed by atoms with E-state index in [1.807, 2.05) is 0 Å². The van der Waals surface area contributed by atoms with Crippen LogP contribution in [0.3, 0.4) is 0 Å². The van der Waals surface area contributed by atoms with Crippen LogP contribution in [0.1, 0.15) is 12.5 Å². The maximum atomic E-state index is 11.4. The zero-order valence-electron chi connectivity index (χ0n) is 10.1. The van der Waals surface area contributed by atoms with Gasteiger partial charge in [0.1, 0.15) is 0 Å². The van der Waals surface area contributed by atoms with Gasteiger partial charge in [0.05, 0.1) is 13.1 Å². The number of carbonyl (C=O) groups excluding carboxylic acids is 2. The van der Waals surface area contributed by atoms with Gasteiger partial charge in [0.25, 0.3) is 0 Å². The first-order valence-electron chi connectivity index (χ1n) is 5.45. The number of benzene rings is 1. The Morgan fingerprint density at radius 1 is 1.28 bits per heavy atom. The summed E-state index contributed by atoms with van der Waals surface area (Å²) in [6.45, 7) is 1.64. The average molecular weight is 245 g/mol. The molecule has 1 aromatic carbocycles. The zero-order chi connectivity index (χ0) is 13.4. The molecule has 1 aromatic rings. The lowest BCUT2D eigenvalue weighted by atomic mass is 10.2. The number of nitrogens with two attached hydrogens (primary N) is 1. The molecular formula is C13H15N3O2. The molecule has 4 N–H and O–H groups in total. The lowest BCUT2D eigenvalue weighted by Gasteiger charge is -2.05. The molecule has 5 nitrogen and oxygen atoms in total. The molecule has 0 radical (unpaired) electrons. The van der Waals surface area contributed by atoms with Crippen LogP contribution in [0.5, 0.6) is 0 Å². The van der Waals surface area contributed by atoms with Crippen molar-refractivity contribution in [2.75, 3.05) is 18.4 Å². The van der Waals surface area contributed by atoms with Crippen LogP contribution < -0.4 is 16.4 Å². The molecule has 18 heavy (non-hydrogen) atoms. The Kier molecular flexibility index (Phi) is 5.42. The summed E-state index contributed by atoms with van der Waals surface area (Å²) in [5.41, 5.74) is 6.75. The highest BCUT2D eigenvalue weighted by molar-refractivity contribution is 5.94. The van der Waals surface area contributed by atoms with Crippen LogP contribution in [0.25, 0.3) is 0 Å². The lowest BCUT2D eigenvalue weighted by Crippen LogP contribution is -2.31. The Labute approximate surface area is 106 Å². The van der Waals surface area contributed by atoms with E-state index in [1.54, 1.807) is 24.3 Å². The van der Waals surface area contributed by atoms with Gasteiger partial charge < -0.3 is 16.4 Å². The van der Waals surface area contributed by atoms with Gasteiger partial charge in [-0.15, -0.1) is 0 Å². The molecule has 0 aliphatic rings. The van der Waals surface area contributed by atoms with Gasteiger partial charge in [0, 0.05) is 18.2 Å². The maximum absolute atomic E-state index is 11.4. The molecule has 0 atom stereocenters. The molecule has 0 unspecified atom stereocenters. The molecule has 1 rings (SSSR count). The second kappa shape index (κ2) is 7.09. The zero-order valence-corrected chi connectivity index (χ0v) is 10.1. The third-order valence-corrected chi connectivity index (χ3v) is 2.00. The van der Waals surface area contributed by atoms with E-state index >= 15 is 0 Å². The van der Waals surface area contributed by atoms with Crippen molar-refractivity contribution in [2.45, 2.75) is 6.92 Å². The quantitative estimate of drug-likeness (QED) is 0.659. The molecule has 0 aliphatic heterocycles. The van der Waals surface area contributed by atoms with Crippen molar-refractivity contribution in [3.05, 3.63) is 29.8 Å². The number of nitrogens with one attached hydrogen (secondary N) is 2. The van der Waals surface area contributed by atoms with Crippen LogP contribution >= 0.6 is 0 Å². The highest BCUT2D eigenvalue weighted by atomic mass is 16.2. The Hall–Kier alpha value is -2.32. The molecule has 0 fully saturated rings. The molecule has 0 saturated heterocycles. The molecule has 0 spiro atoms. The fourth-order valence-corrected chi connectivity index (χ4v) is 1.20. The van der Waals surface area contributed by atoms with Crippen molar-refractivity contribution in [3.8, 4) is 11.8 Å². The van der Waals surface area contributed by atoms with Crippen molar-refractivity contribution in [1.82, 2.24) is 5.32 Å². The van der Waals surface area contributed by atoms with E-state index in [0.717, 1.165) is 5.56 Å². The summed E-state index contributed by atoms with van der Waals surface area (Å²) in [6.07, 6.45) is 0. The lowest BCUT2D eigenvalue weighted by molar-refractivity contribution is -0.122. The predicted molar refractivity (Wildman–Crippen MR) is 69.7 cm³/mol. The highest BCUT2D eigenvalue weighted by Crippen LogP contribution is 2.08. The summed E-state index contributed by atoms with van der Waals surface area (Å²) < 4.78 is 0. The first kappa shape index (κ1) is 13.7. The SMILES string of the molecule is CC(=O)NCC(=O)Nc1ccc(C#CCN)cc1. The first-order chi connectivity index (χ1) is 8.61. The molecule has 0 heterocycles. The van der Waals surface area contributed by atoms with Crippen molar-refractivity contribution in [1.29, 1.82) is 0 Å². The first-order valence-corrected chi connectivity index (χ1v) is 5.45. The maximum Gasteiger partial charge on any atom is 0.243 e. The molecule has 94 valence electrons. The van der Waals surface area contributed by atoms with Crippen LogP contribution in [0.4, 0.5) is 5.69 Å². The third kappa shape index (κ3) is 5.14. The molecule has 0 aliphatic carbocycles. The average Bonchev–Trinajstić information content (AvgIpc) is 2.35.